The highest BCUT2D eigenvalue weighted by Gasteiger charge is 2.28. The molecule has 2 aliphatic heterocycles. The number of hydrogen-bond donors (Lipinski definition) is 1. The van der Waals surface area contributed by atoms with Gasteiger partial charge in [0.25, 0.3) is 5.91 Å². The Labute approximate surface area is 175 Å². The highest BCUT2D eigenvalue weighted by Crippen LogP contribution is 2.26. The molecule has 3 heterocycles. The maximum absolute atomic E-state index is 13.0. The molecule has 1 N–H and O–H groups in total. The van der Waals surface area contributed by atoms with Crippen LogP contribution in [0.3, 0.4) is 0 Å². The smallest absolute Gasteiger partial charge is 0.322 e. The summed E-state index contributed by atoms with van der Waals surface area (Å²) in [5, 5.41) is 7.33. The van der Waals surface area contributed by atoms with Gasteiger partial charge < -0.3 is 9.80 Å². The number of rotatable bonds is 4. The van der Waals surface area contributed by atoms with Crippen LogP contribution in [0, 0.1) is 5.92 Å². The zero-order valence-corrected chi connectivity index (χ0v) is 17.4. The Morgan fingerprint density at radius 3 is 2.45 bits per heavy atom. The summed E-state index contributed by atoms with van der Waals surface area (Å²) in [5.74, 6) is 0.458. The van der Waals surface area contributed by atoms with Crippen molar-refractivity contribution in [3.63, 3.8) is 0 Å². The van der Waals surface area contributed by atoms with Gasteiger partial charge in [-0.2, -0.15) is 0 Å². The van der Waals surface area contributed by atoms with E-state index in [0.29, 0.717) is 24.0 Å². The molecule has 0 atom stereocenters. The third kappa shape index (κ3) is 4.93. The van der Waals surface area contributed by atoms with Crippen LogP contribution < -0.4 is 5.32 Å². The Balaban J connectivity index is 1.32. The van der Waals surface area contributed by atoms with Gasteiger partial charge in [-0.1, -0.05) is 34.8 Å². The lowest BCUT2D eigenvalue weighted by atomic mass is 9.90. The molecule has 2 aromatic rings. The van der Waals surface area contributed by atoms with E-state index in [-0.39, 0.29) is 17.6 Å². The van der Waals surface area contributed by atoms with Crippen molar-refractivity contribution in [1.29, 1.82) is 0 Å². The SMILES string of the molecule is O=C(Nc1snnc1C(=O)N1CCC(Cc2ccccc2)CC1)N1CCCCC1. The van der Waals surface area contributed by atoms with Crippen molar-refractivity contribution in [2.24, 2.45) is 5.92 Å². The molecule has 0 spiro atoms. The minimum atomic E-state index is -0.161. The van der Waals surface area contributed by atoms with Crippen LogP contribution in [0.5, 0.6) is 0 Å². The van der Waals surface area contributed by atoms with E-state index in [9.17, 15) is 9.59 Å². The van der Waals surface area contributed by atoms with Crippen LogP contribution in [0.1, 0.15) is 48.2 Å². The van der Waals surface area contributed by atoms with Crippen molar-refractivity contribution >= 4 is 28.5 Å². The fraction of sp³-hybridized carbons (Fsp3) is 0.524. The Morgan fingerprint density at radius 1 is 1.00 bits per heavy atom. The van der Waals surface area contributed by atoms with Gasteiger partial charge in [0.1, 0.15) is 0 Å². The Kier molecular flexibility index (Phi) is 6.39. The maximum Gasteiger partial charge on any atom is 0.322 e. The van der Waals surface area contributed by atoms with E-state index in [4.69, 9.17) is 0 Å². The second-order valence-electron chi connectivity index (χ2n) is 7.85. The second-order valence-corrected chi connectivity index (χ2v) is 8.61. The largest absolute Gasteiger partial charge is 0.337 e. The average Bonchev–Trinajstić information content (AvgIpc) is 3.23. The van der Waals surface area contributed by atoms with Crippen LogP contribution >= 0.6 is 11.5 Å². The zero-order chi connectivity index (χ0) is 20.1. The number of carbonyl (C=O) groups is 2. The van der Waals surface area contributed by atoms with E-state index in [1.165, 1.54) is 5.56 Å². The van der Waals surface area contributed by atoms with Gasteiger partial charge in [-0.05, 0) is 50.0 Å². The van der Waals surface area contributed by atoms with Gasteiger partial charge in [-0.3, -0.25) is 10.1 Å². The molecule has 3 amide bonds. The van der Waals surface area contributed by atoms with E-state index in [0.717, 1.165) is 63.1 Å². The van der Waals surface area contributed by atoms with Crippen molar-refractivity contribution in [2.45, 2.75) is 38.5 Å². The molecule has 0 radical (unpaired) electrons. The van der Waals surface area contributed by atoms with Crippen LogP contribution in [-0.4, -0.2) is 57.5 Å². The minimum Gasteiger partial charge on any atom is -0.337 e. The van der Waals surface area contributed by atoms with Crippen molar-refractivity contribution in [3.8, 4) is 0 Å². The van der Waals surface area contributed by atoms with Gasteiger partial charge in [0, 0.05) is 37.7 Å². The van der Waals surface area contributed by atoms with Crippen molar-refractivity contribution < 1.29 is 9.59 Å². The molecular formula is C21H27N5O2S. The predicted octanol–water partition coefficient (Wildman–Crippen LogP) is 3.65. The Morgan fingerprint density at radius 2 is 1.72 bits per heavy atom. The van der Waals surface area contributed by atoms with Gasteiger partial charge in [0.05, 0.1) is 0 Å². The fourth-order valence-corrected chi connectivity index (χ4v) is 4.67. The first-order valence-electron chi connectivity index (χ1n) is 10.4. The number of urea groups is 1. The molecule has 29 heavy (non-hydrogen) atoms. The molecule has 2 fully saturated rings. The van der Waals surface area contributed by atoms with Crippen LogP contribution in [0.4, 0.5) is 9.80 Å². The van der Waals surface area contributed by atoms with Crippen LogP contribution in [0.2, 0.25) is 0 Å². The molecule has 2 aliphatic rings. The third-order valence-corrected chi connectivity index (χ3v) is 6.46. The molecule has 0 bridgehead atoms. The third-order valence-electron chi connectivity index (χ3n) is 5.82. The van der Waals surface area contributed by atoms with Crippen LogP contribution in [0.15, 0.2) is 30.3 Å². The number of carbonyl (C=O) groups excluding carboxylic acids is 2. The first kappa shape index (κ1) is 19.8. The normalized spacial score (nSPS) is 17.9. The number of hydrogen-bond acceptors (Lipinski definition) is 5. The highest BCUT2D eigenvalue weighted by atomic mass is 32.1. The first-order chi connectivity index (χ1) is 14.2. The number of benzene rings is 1. The summed E-state index contributed by atoms with van der Waals surface area (Å²) >= 11 is 1.07. The number of nitrogens with zero attached hydrogens (tertiary/aromatic N) is 4. The van der Waals surface area contributed by atoms with Crippen molar-refractivity contribution in [3.05, 3.63) is 41.6 Å². The zero-order valence-electron chi connectivity index (χ0n) is 16.5. The summed E-state index contributed by atoms with van der Waals surface area (Å²) in [7, 11) is 0. The number of piperidine rings is 2. The molecule has 154 valence electrons. The molecule has 1 aromatic heterocycles. The molecule has 7 nitrogen and oxygen atoms in total. The second kappa shape index (κ2) is 9.35. The van der Waals surface area contributed by atoms with E-state index < -0.39 is 0 Å². The summed E-state index contributed by atoms with van der Waals surface area (Å²) in [6.07, 6.45) is 6.23. The van der Waals surface area contributed by atoms with Crippen LogP contribution in [0.25, 0.3) is 0 Å². The summed E-state index contributed by atoms with van der Waals surface area (Å²) in [4.78, 5) is 29.1. The molecule has 8 heteroatoms. The number of aromatic nitrogens is 2. The van der Waals surface area contributed by atoms with Gasteiger partial charge in [-0.15, -0.1) is 5.10 Å². The lowest BCUT2D eigenvalue weighted by molar-refractivity contribution is 0.0685. The molecule has 1 aromatic carbocycles. The van der Waals surface area contributed by atoms with Gasteiger partial charge in [0.15, 0.2) is 10.7 Å². The predicted molar refractivity (Wildman–Crippen MR) is 113 cm³/mol. The quantitative estimate of drug-likeness (QED) is 0.830. The fourth-order valence-electron chi connectivity index (χ4n) is 4.12. The lowest BCUT2D eigenvalue weighted by Gasteiger charge is -2.32. The molecule has 2 saturated heterocycles. The standard InChI is InChI=1S/C21H27N5O2S/c27-20(25-13-9-17(10-14-25)15-16-7-3-1-4-8-16)18-19(29-24-23-18)22-21(28)26-11-5-2-6-12-26/h1,3-4,7-8,17H,2,5-6,9-15H2,(H,22,28). The molecular weight excluding hydrogens is 386 g/mol. The minimum absolute atomic E-state index is 0.133. The van der Waals surface area contributed by atoms with Gasteiger partial charge in [-0.25, -0.2) is 4.79 Å². The molecule has 0 unspecified atom stereocenters. The topological polar surface area (TPSA) is 78.4 Å². The van der Waals surface area contributed by atoms with Crippen molar-refractivity contribution in [2.75, 3.05) is 31.5 Å². The average molecular weight is 414 g/mol. The van der Waals surface area contributed by atoms with Crippen LogP contribution in [-0.2, 0) is 6.42 Å². The summed E-state index contributed by atoms with van der Waals surface area (Å²) in [6, 6.07) is 10.3. The number of nitrogens with one attached hydrogen (secondary N) is 1. The summed E-state index contributed by atoms with van der Waals surface area (Å²) in [5.41, 5.74) is 1.62. The van der Waals surface area contributed by atoms with E-state index in [1.807, 2.05) is 11.0 Å². The van der Waals surface area contributed by atoms with E-state index >= 15 is 0 Å². The monoisotopic (exact) mass is 413 g/mol. The summed E-state index contributed by atoms with van der Waals surface area (Å²) in [6.45, 7) is 2.95. The Hall–Kier alpha value is -2.48. The highest BCUT2D eigenvalue weighted by molar-refractivity contribution is 7.10. The number of likely N-dealkylation sites (tertiary alicyclic amines) is 2. The van der Waals surface area contributed by atoms with E-state index in [2.05, 4.69) is 39.2 Å². The summed E-state index contributed by atoms with van der Waals surface area (Å²) < 4.78 is 3.92. The number of anilines is 1. The van der Waals surface area contributed by atoms with E-state index in [1.54, 1.807) is 4.90 Å². The van der Waals surface area contributed by atoms with Gasteiger partial charge >= 0.3 is 6.03 Å². The van der Waals surface area contributed by atoms with Crippen molar-refractivity contribution in [1.82, 2.24) is 19.4 Å². The maximum atomic E-state index is 13.0. The first-order valence-corrected chi connectivity index (χ1v) is 11.2. The molecule has 0 saturated carbocycles. The molecule has 4 rings (SSSR count). The van der Waals surface area contributed by atoms with Gasteiger partial charge in [0.2, 0.25) is 0 Å². The number of amides is 3. The Bertz CT molecular complexity index is 827. The molecule has 0 aliphatic carbocycles. The lowest BCUT2D eigenvalue weighted by Crippen LogP contribution is -2.40.